The standard InChI is InChI=1S/C14H18N2O4/c1-14(20)5-2-7-16(8-6-14)12(17)10-3-4-11(13(18)19)15-9-10/h3-4,9,20H,2,5-8H2,1H3,(H,18,19). The number of carboxylic acid groups (broad SMARTS) is 1. The zero-order valence-corrected chi connectivity index (χ0v) is 11.4. The van der Waals surface area contributed by atoms with Crippen LogP contribution in [0, 0.1) is 0 Å². The largest absolute Gasteiger partial charge is 0.477 e. The molecule has 2 N–H and O–H groups in total. The summed E-state index contributed by atoms with van der Waals surface area (Å²) in [5, 5.41) is 18.8. The first kappa shape index (κ1) is 14.5. The molecule has 2 rings (SSSR count). The number of pyridine rings is 1. The van der Waals surface area contributed by atoms with Gasteiger partial charge in [0.05, 0.1) is 11.2 Å². The highest BCUT2D eigenvalue weighted by atomic mass is 16.4. The molecule has 1 aliphatic heterocycles. The first-order valence-corrected chi connectivity index (χ1v) is 6.60. The van der Waals surface area contributed by atoms with Gasteiger partial charge in [-0.1, -0.05) is 0 Å². The van der Waals surface area contributed by atoms with Crippen LogP contribution in [0.15, 0.2) is 18.3 Å². The minimum absolute atomic E-state index is 0.0830. The van der Waals surface area contributed by atoms with E-state index in [9.17, 15) is 14.7 Å². The summed E-state index contributed by atoms with van der Waals surface area (Å²) in [6.45, 7) is 2.87. The number of hydrogen-bond acceptors (Lipinski definition) is 4. The molecule has 1 saturated heterocycles. The van der Waals surface area contributed by atoms with Crippen molar-refractivity contribution in [3.8, 4) is 0 Å². The molecule has 1 aliphatic rings. The summed E-state index contributed by atoms with van der Waals surface area (Å²) < 4.78 is 0. The molecule has 6 nitrogen and oxygen atoms in total. The lowest BCUT2D eigenvalue weighted by molar-refractivity contribution is 0.0437. The van der Waals surface area contributed by atoms with E-state index in [1.54, 1.807) is 11.8 Å². The highest BCUT2D eigenvalue weighted by Crippen LogP contribution is 2.22. The van der Waals surface area contributed by atoms with E-state index in [1.807, 2.05) is 0 Å². The second kappa shape index (κ2) is 5.58. The third-order valence-electron chi connectivity index (χ3n) is 3.58. The SMILES string of the molecule is CC1(O)CCCN(C(=O)c2ccc(C(=O)O)nc2)CC1. The van der Waals surface area contributed by atoms with E-state index in [0.29, 0.717) is 31.5 Å². The fourth-order valence-electron chi connectivity index (χ4n) is 2.30. The third kappa shape index (κ3) is 3.33. The molecule has 1 aromatic heterocycles. The van der Waals surface area contributed by atoms with Gasteiger partial charge in [0.1, 0.15) is 5.69 Å². The Morgan fingerprint density at radius 3 is 2.65 bits per heavy atom. The summed E-state index contributed by atoms with van der Waals surface area (Å²) in [7, 11) is 0. The fourth-order valence-corrected chi connectivity index (χ4v) is 2.30. The van der Waals surface area contributed by atoms with Crippen molar-refractivity contribution in [2.75, 3.05) is 13.1 Å². The monoisotopic (exact) mass is 278 g/mol. The first-order valence-electron chi connectivity index (χ1n) is 6.60. The van der Waals surface area contributed by atoms with Gasteiger partial charge in [-0.15, -0.1) is 0 Å². The van der Waals surface area contributed by atoms with Gasteiger partial charge in [-0.05, 0) is 38.3 Å². The Kier molecular flexibility index (Phi) is 4.04. The van der Waals surface area contributed by atoms with Crippen LogP contribution >= 0.6 is 0 Å². The molecule has 1 amide bonds. The molecular formula is C14H18N2O4. The van der Waals surface area contributed by atoms with E-state index in [0.717, 1.165) is 6.42 Å². The summed E-state index contributed by atoms with van der Waals surface area (Å²) in [6.07, 6.45) is 3.25. The van der Waals surface area contributed by atoms with Crippen LogP contribution < -0.4 is 0 Å². The number of carbonyl (C=O) groups excluding carboxylic acids is 1. The second-order valence-corrected chi connectivity index (χ2v) is 5.38. The molecule has 0 saturated carbocycles. The van der Waals surface area contributed by atoms with Crippen LogP contribution in [0.5, 0.6) is 0 Å². The van der Waals surface area contributed by atoms with Gasteiger partial charge in [0.15, 0.2) is 0 Å². The van der Waals surface area contributed by atoms with Crippen molar-refractivity contribution < 1.29 is 19.8 Å². The normalized spacial score (nSPS) is 23.2. The topological polar surface area (TPSA) is 90.7 Å². The van der Waals surface area contributed by atoms with Crippen LogP contribution in [0.4, 0.5) is 0 Å². The molecule has 0 aliphatic carbocycles. The van der Waals surface area contributed by atoms with Crippen molar-refractivity contribution in [1.82, 2.24) is 9.88 Å². The van der Waals surface area contributed by atoms with Gasteiger partial charge < -0.3 is 15.1 Å². The number of likely N-dealkylation sites (tertiary alicyclic amines) is 1. The van der Waals surface area contributed by atoms with Gasteiger partial charge in [-0.2, -0.15) is 0 Å². The smallest absolute Gasteiger partial charge is 0.354 e. The van der Waals surface area contributed by atoms with Gasteiger partial charge in [0, 0.05) is 19.3 Å². The quantitative estimate of drug-likeness (QED) is 0.847. The Hall–Kier alpha value is -1.95. The van der Waals surface area contributed by atoms with Crippen molar-refractivity contribution in [2.24, 2.45) is 0 Å². The average Bonchev–Trinajstić information content (AvgIpc) is 2.59. The van der Waals surface area contributed by atoms with E-state index in [1.165, 1.54) is 18.3 Å². The Balaban J connectivity index is 2.09. The molecule has 0 spiro atoms. The van der Waals surface area contributed by atoms with Gasteiger partial charge in [-0.3, -0.25) is 4.79 Å². The summed E-state index contributed by atoms with van der Waals surface area (Å²) in [5.74, 6) is -1.29. The number of amides is 1. The van der Waals surface area contributed by atoms with Gasteiger partial charge in [-0.25, -0.2) is 9.78 Å². The average molecular weight is 278 g/mol. The summed E-state index contributed by atoms with van der Waals surface area (Å²) in [4.78, 5) is 28.4. The maximum atomic E-state index is 12.3. The van der Waals surface area contributed by atoms with Gasteiger partial charge >= 0.3 is 5.97 Å². The van der Waals surface area contributed by atoms with Crippen molar-refractivity contribution >= 4 is 11.9 Å². The molecule has 1 fully saturated rings. The van der Waals surface area contributed by atoms with E-state index in [-0.39, 0.29) is 11.6 Å². The van der Waals surface area contributed by atoms with Crippen LogP contribution in [0.2, 0.25) is 0 Å². The first-order chi connectivity index (χ1) is 9.39. The highest BCUT2D eigenvalue weighted by molar-refractivity contribution is 5.94. The van der Waals surface area contributed by atoms with Crippen LogP contribution in [0.25, 0.3) is 0 Å². The lowest BCUT2D eigenvalue weighted by Crippen LogP contribution is -2.33. The van der Waals surface area contributed by atoms with Crippen LogP contribution in [0.3, 0.4) is 0 Å². The lowest BCUT2D eigenvalue weighted by Gasteiger charge is -2.22. The van der Waals surface area contributed by atoms with Crippen LogP contribution in [0.1, 0.15) is 47.0 Å². The molecule has 108 valence electrons. The Bertz CT molecular complexity index is 510. The predicted octanol–water partition coefficient (Wildman–Crippen LogP) is 1.16. The molecule has 6 heteroatoms. The van der Waals surface area contributed by atoms with Gasteiger partial charge in [0.25, 0.3) is 5.91 Å². The Morgan fingerprint density at radius 1 is 1.30 bits per heavy atom. The third-order valence-corrected chi connectivity index (χ3v) is 3.58. The molecule has 2 heterocycles. The van der Waals surface area contributed by atoms with Gasteiger partial charge in [0.2, 0.25) is 0 Å². The minimum atomic E-state index is -1.12. The second-order valence-electron chi connectivity index (χ2n) is 5.38. The van der Waals surface area contributed by atoms with Crippen LogP contribution in [-0.4, -0.2) is 50.7 Å². The number of nitrogens with zero attached hydrogens (tertiary/aromatic N) is 2. The summed E-state index contributed by atoms with van der Waals surface area (Å²) in [5.41, 5.74) is -0.433. The van der Waals surface area contributed by atoms with E-state index in [2.05, 4.69) is 4.98 Å². The summed E-state index contributed by atoms with van der Waals surface area (Å²) in [6, 6.07) is 2.80. The number of hydrogen-bond donors (Lipinski definition) is 2. The molecule has 1 atom stereocenters. The Morgan fingerprint density at radius 2 is 2.05 bits per heavy atom. The molecule has 0 bridgehead atoms. The fraction of sp³-hybridized carbons (Fsp3) is 0.500. The highest BCUT2D eigenvalue weighted by Gasteiger charge is 2.27. The molecule has 20 heavy (non-hydrogen) atoms. The maximum Gasteiger partial charge on any atom is 0.354 e. The summed E-state index contributed by atoms with van der Waals surface area (Å²) >= 11 is 0. The van der Waals surface area contributed by atoms with Crippen molar-refractivity contribution in [3.63, 3.8) is 0 Å². The molecule has 1 unspecified atom stereocenters. The lowest BCUT2D eigenvalue weighted by atomic mass is 9.98. The maximum absolute atomic E-state index is 12.3. The zero-order valence-electron chi connectivity index (χ0n) is 11.4. The predicted molar refractivity (Wildman–Crippen MR) is 71.6 cm³/mol. The molecule has 0 radical (unpaired) electrons. The number of rotatable bonds is 2. The van der Waals surface area contributed by atoms with E-state index >= 15 is 0 Å². The number of aromatic nitrogens is 1. The van der Waals surface area contributed by atoms with Crippen molar-refractivity contribution in [2.45, 2.75) is 31.8 Å². The van der Waals surface area contributed by atoms with E-state index in [4.69, 9.17) is 5.11 Å². The zero-order chi connectivity index (χ0) is 14.8. The Labute approximate surface area is 117 Å². The van der Waals surface area contributed by atoms with Crippen molar-refractivity contribution in [1.29, 1.82) is 0 Å². The van der Waals surface area contributed by atoms with Crippen LogP contribution in [-0.2, 0) is 0 Å². The number of aliphatic hydroxyl groups is 1. The number of carboxylic acids is 1. The number of carbonyl (C=O) groups is 2. The number of aromatic carboxylic acids is 1. The minimum Gasteiger partial charge on any atom is -0.477 e. The molecular weight excluding hydrogens is 260 g/mol. The van der Waals surface area contributed by atoms with E-state index < -0.39 is 11.6 Å². The molecule has 0 aromatic carbocycles. The molecule has 1 aromatic rings. The van der Waals surface area contributed by atoms with Crippen molar-refractivity contribution in [3.05, 3.63) is 29.6 Å².